The zero-order valence-electron chi connectivity index (χ0n) is 18.5. The van der Waals surface area contributed by atoms with Crippen molar-refractivity contribution in [2.24, 2.45) is 5.92 Å². The van der Waals surface area contributed by atoms with Crippen molar-refractivity contribution in [3.63, 3.8) is 0 Å². The molecule has 7 heteroatoms. The van der Waals surface area contributed by atoms with Gasteiger partial charge >= 0.3 is 0 Å². The Morgan fingerprint density at radius 1 is 1.13 bits per heavy atom. The fraction of sp³-hybridized carbons (Fsp3) is 0.417. The van der Waals surface area contributed by atoms with E-state index < -0.39 is 23.7 Å². The van der Waals surface area contributed by atoms with Crippen molar-refractivity contribution < 1.29 is 19.1 Å². The van der Waals surface area contributed by atoms with Crippen LogP contribution in [0.3, 0.4) is 0 Å². The Kier molecular flexibility index (Phi) is 7.17. The molecule has 1 aliphatic rings. The number of likely N-dealkylation sites (tertiary alicyclic amines) is 1. The molecule has 1 fully saturated rings. The lowest BCUT2D eigenvalue weighted by Gasteiger charge is -2.29. The summed E-state index contributed by atoms with van der Waals surface area (Å²) in [5.74, 6) is -2.02. The minimum Gasteiger partial charge on any atom is -0.496 e. The third-order valence-electron chi connectivity index (χ3n) is 5.97. The highest BCUT2D eigenvalue weighted by Gasteiger charge is 2.51. The molecular formula is C24H29N3O4. The summed E-state index contributed by atoms with van der Waals surface area (Å²) >= 11 is 0. The van der Waals surface area contributed by atoms with Gasteiger partial charge in [0.1, 0.15) is 11.7 Å². The molecule has 164 valence electrons. The highest BCUT2D eigenvalue weighted by Crippen LogP contribution is 2.38. The standard InChI is InChI=1S/C24H29N3O4/c1-5-26(6-2)13-14-27-21(17-9-11-25-12-10-17)20(23(29)24(27)30)22(28)18-7-8-19(31-4)16(3)15-18/h7-12,15,20-21H,5-6,13-14H2,1-4H3. The number of rotatable bonds is 9. The molecule has 7 nitrogen and oxygen atoms in total. The summed E-state index contributed by atoms with van der Waals surface area (Å²) in [6.07, 6.45) is 3.23. The van der Waals surface area contributed by atoms with Crippen molar-refractivity contribution in [2.45, 2.75) is 26.8 Å². The maximum absolute atomic E-state index is 13.5. The van der Waals surface area contributed by atoms with Gasteiger partial charge in [0.2, 0.25) is 5.78 Å². The SMILES string of the molecule is CCN(CC)CCN1C(=O)C(=O)C(C(=O)c2ccc(OC)c(C)c2)C1c1ccncc1. The molecule has 2 unspecified atom stereocenters. The Morgan fingerprint density at radius 3 is 2.39 bits per heavy atom. The second kappa shape index (κ2) is 9.83. The van der Waals surface area contributed by atoms with Gasteiger partial charge in [-0.2, -0.15) is 0 Å². The van der Waals surface area contributed by atoms with Crippen LogP contribution in [-0.4, -0.2) is 65.5 Å². The normalized spacial score (nSPS) is 18.7. The van der Waals surface area contributed by atoms with Crippen molar-refractivity contribution in [2.75, 3.05) is 33.3 Å². The maximum Gasteiger partial charge on any atom is 0.291 e. The average Bonchev–Trinajstić information content (AvgIpc) is 3.04. The minimum absolute atomic E-state index is 0.351. The number of hydrogen-bond donors (Lipinski definition) is 0. The van der Waals surface area contributed by atoms with Crippen LogP contribution in [0.5, 0.6) is 5.75 Å². The van der Waals surface area contributed by atoms with Gasteiger partial charge in [0.05, 0.1) is 13.2 Å². The van der Waals surface area contributed by atoms with Crippen LogP contribution in [0.25, 0.3) is 0 Å². The lowest BCUT2D eigenvalue weighted by atomic mass is 9.86. The molecule has 0 saturated carbocycles. The summed E-state index contributed by atoms with van der Waals surface area (Å²) in [5.41, 5.74) is 1.93. The quantitative estimate of drug-likeness (QED) is 0.351. The van der Waals surface area contributed by atoms with E-state index in [1.165, 1.54) is 0 Å². The fourth-order valence-electron chi connectivity index (χ4n) is 4.16. The molecule has 0 radical (unpaired) electrons. The van der Waals surface area contributed by atoms with Crippen LogP contribution in [0.2, 0.25) is 0 Å². The molecule has 3 rings (SSSR count). The first-order chi connectivity index (χ1) is 14.9. The molecule has 1 aromatic carbocycles. The molecule has 0 aliphatic carbocycles. The second-order valence-corrected chi connectivity index (χ2v) is 7.64. The van der Waals surface area contributed by atoms with Crippen LogP contribution in [0.4, 0.5) is 0 Å². The van der Waals surface area contributed by atoms with Crippen LogP contribution >= 0.6 is 0 Å². The maximum atomic E-state index is 13.5. The second-order valence-electron chi connectivity index (χ2n) is 7.64. The zero-order chi connectivity index (χ0) is 22.5. The molecule has 2 heterocycles. The molecule has 1 saturated heterocycles. The van der Waals surface area contributed by atoms with Gasteiger partial charge in [-0.25, -0.2) is 0 Å². The van der Waals surface area contributed by atoms with Gasteiger partial charge < -0.3 is 14.5 Å². The number of Topliss-reactive ketones (excluding diaryl/α,β-unsaturated/α-hetero) is 2. The van der Waals surface area contributed by atoms with E-state index in [1.54, 1.807) is 54.7 Å². The summed E-state index contributed by atoms with van der Waals surface area (Å²) < 4.78 is 5.27. The first kappa shape index (κ1) is 22.6. The summed E-state index contributed by atoms with van der Waals surface area (Å²) in [6, 6.07) is 7.95. The smallest absolute Gasteiger partial charge is 0.291 e. The number of aryl methyl sites for hydroxylation is 1. The van der Waals surface area contributed by atoms with Gasteiger partial charge in [0, 0.05) is 31.0 Å². The van der Waals surface area contributed by atoms with Crippen LogP contribution < -0.4 is 4.74 Å². The van der Waals surface area contributed by atoms with E-state index in [0.29, 0.717) is 24.4 Å². The first-order valence-electron chi connectivity index (χ1n) is 10.6. The average molecular weight is 424 g/mol. The predicted molar refractivity (Wildman–Crippen MR) is 117 cm³/mol. The Morgan fingerprint density at radius 2 is 1.81 bits per heavy atom. The van der Waals surface area contributed by atoms with Crippen LogP contribution in [0.1, 0.15) is 41.4 Å². The lowest BCUT2D eigenvalue weighted by molar-refractivity contribution is -0.140. The van der Waals surface area contributed by atoms with E-state index >= 15 is 0 Å². The molecule has 0 spiro atoms. The van der Waals surface area contributed by atoms with Gasteiger partial charge in [0.15, 0.2) is 5.78 Å². The number of likely N-dealkylation sites (N-methyl/N-ethyl adjacent to an activating group) is 1. The molecule has 1 amide bonds. The van der Waals surface area contributed by atoms with Gasteiger partial charge in [0.25, 0.3) is 5.91 Å². The molecule has 0 N–H and O–H groups in total. The number of ether oxygens (including phenoxy) is 1. The van der Waals surface area contributed by atoms with E-state index in [0.717, 1.165) is 24.2 Å². The van der Waals surface area contributed by atoms with E-state index in [4.69, 9.17) is 4.74 Å². The Bertz CT molecular complexity index is 957. The zero-order valence-corrected chi connectivity index (χ0v) is 18.5. The van der Waals surface area contributed by atoms with Gasteiger partial charge in [-0.1, -0.05) is 13.8 Å². The summed E-state index contributed by atoms with van der Waals surface area (Å²) in [4.78, 5) is 47.2. The number of pyridine rings is 1. The topological polar surface area (TPSA) is 79.8 Å². The number of ketones is 2. The third-order valence-corrected chi connectivity index (χ3v) is 5.97. The highest BCUT2D eigenvalue weighted by atomic mass is 16.5. The summed E-state index contributed by atoms with van der Waals surface area (Å²) in [6.45, 7) is 8.66. The number of hydrogen-bond acceptors (Lipinski definition) is 6. The van der Waals surface area contributed by atoms with Crippen LogP contribution in [0, 0.1) is 12.8 Å². The molecule has 0 bridgehead atoms. The fourth-order valence-corrected chi connectivity index (χ4v) is 4.16. The molecular weight excluding hydrogens is 394 g/mol. The lowest BCUT2D eigenvalue weighted by Crippen LogP contribution is -2.38. The highest BCUT2D eigenvalue weighted by molar-refractivity contribution is 6.44. The molecule has 2 atom stereocenters. The van der Waals surface area contributed by atoms with E-state index in [1.807, 2.05) is 6.92 Å². The van der Waals surface area contributed by atoms with Gasteiger partial charge in [-0.15, -0.1) is 0 Å². The van der Waals surface area contributed by atoms with Gasteiger partial charge in [-0.3, -0.25) is 19.4 Å². The first-order valence-corrected chi connectivity index (χ1v) is 10.6. The number of benzene rings is 1. The van der Waals surface area contributed by atoms with Crippen molar-refractivity contribution in [1.29, 1.82) is 0 Å². The summed E-state index contributed by atoms with van der Waals surface area (Å²) in [5, 5.41) is 0. The Labute approximate surface area is 183 Å². The number of amides is 1. The predicted octanol–water partition coefficient (Wildman–Crippen LogP) is 2.69. The van der Waals surface area contributed by atoms with Gasteiger partial charge in [-0.05, 0) is 61.5 Å². The van der Waals surface area contributed by atoms with Crippen molar-refractivity contribution in [3.8, 4) is 5.75 Å². The van der Waals surface area contributed by atoms with Crippen molar-refractivity contribution in [3.05, 3.63) is 59.4 Å². The number of methoxy groups -OCH3 is 1. The Balaban J connectivity index is 1.99. The number of carbonyl (C=O) groups is 3. The summed E-state index contributed by atoms with van der Waals surface area (Å²) in [7, 11) is 1.57. The van der Waals surface area contributed by atoms with Crippen molar-refractivity contribution >= 4 is 17.5 Å². The van der Waals surface area contributed by atoms with E-state index in [-0.39, 0.29) is 5.78 Å². The molecule has 1 aromatic heterocycles. The van der Waals surface area contributed by atoms with Crippen LogP contribution in [-0.2, 0) is 9.59 Å². The largest absolute Gasteiger partial charge is 0.496 e. The van der Waals surface area contributed by atoms with E-state index in [9.17, 15) is 14.4 Å². The monoisotopic (exact) mass is 423 g/mol. The molecule has 2 aromatic rings. The van der Waals surface area contributed by atoms with E-state index in [2.05, 4.69) is 23.7 Å². The minimum atomic E-state index is -1.08. The third kappa shape index (κ3) is 4.51. The molecule has 1 aliphatic heterocycles. The number of nitrogens with zero attached hydrogens (tertiary/aromatic N) is 3. The van der Waals surface area contributed by atoms with Crippen molar-refractivity contribution in [1.82, 2.24) is 14.8 Å². The molecule has 31 heavy (non-hydrogen) atoms. The number of carbonyl (C=O) groups excluding carboxylic acids is 3. The van der Waals surface area contributed by atoms with Crippen LogP contribution in [0.15, 0.2) is 42.7 Å². The Hall–Kier alpha value is -3.06. The number of aromatic nitrogens is 1.